The Morgan fingerprint density at radius 2 is 1.73 bits per heavy atom. The maximum Gasteiger partial charge on any atom is 0.192 e. The van der Waals surface area contributed by atoms with Crippen LogP contribution in [0.4, 0.5) is 0 Å². The molecule has 0 fully saturated rings. The maximum atomic E-state index is 12.9. The van der Waals surface area contributed by atoms with Crippen LogP contribution >= 0.6 is 0 Å². The van der Waals surface area contributed by atoms with E-state index < -0.39 is 15.1 Å². The summed E-state index contributed by atoms with van der Waals surface area (Å²) in [7, 11) is -0.788. The SMILES string of the molecule is COc1cc(OC)c2c(c1)S(=O)(=O)[C@H](c1ccccc1)C2=N. The summed E-state index contributed by atoms with van der Waals surface area (Å²) >= 11 is 0. The van der Waals surface area contributed by atoms with Gasteiger partial charge in [0.25, 0.3) is 0 Å². The molecule has 114 valence electrons. The predicted molar refractivity (Wildman–Crippen MR) is 82.7 cm³/mol. The summed E-state index contributed by atoms with van der Waals surface area (Å²) in [6, 6.07) is 11.8. The molecule has 1 atom stereocenters. The van der Waals surface area contributed by atoms with Gasteiger partial charge in [0.2, 0.25) is 0 Å². The number of ether oxygens (including phenoxy) is 2. The lowest BCUT2D eigenvalue weighted by Gasteiger charge is -2.10. The van der Waals surface area contributed by atoms with E-state index >= 15 is 0 Å². The molecule has 0 saturated heterocycles. The number of rotatable bonds is 3. The van der Waals surface area contributed by atoms with Gasteiger partial charge >= 0.3 is 0 Å². The summed E-state index contributed by atoms with van der Waals surface area (Å²) in [4.78, 5) is 0.0857. The third-order valence-electron chi connectivity index (χ3n) is 3.75. The molecular formula is C16H15NO4S. The summed E-state index contributed by atoms with van der Waals surface area (Å²) in [6.45, 7) is 0. The van der Waals surface area contributed by atoms with Gasteiger partial charge in [-0.25, -0.2) is 8.42 Å². The van der Waals surface area contributed by atoms with Crippen LogP contribution in [0.1, 0.15) is 16.4 Å². The molecule has 0 amide bonds. The second-order valence-electron chi connectivity index (χ2n) is 4.95. The zero-order chi connectivity index (χ0) is 15.9. The lowest BCUT2D eigenvalue weighted by molar-refractivity contribution is 0.391. The van der Waals surface area contributed by atoms with E-state index in [9.17, 15) is 8.42 Å². The van der Waals surface area contributed by atoms with Crippen molar-refractivity contribution in [2.45, 2.75) is 10.1 Å². The molecule has 1 heterocycles. The van der Waals surface area contributed by atoms with Crippen LogP contribution in [0.2, 0.25) is 0 Å². The maximum absolute atomic E-state index is 12.9. The van der Waals surface area contributed by atoms with E-state index in [0.29, 0.717) is 22.6 Å². The molecule has 0 unspecified atom stereocenters. The molecule has 2 aromatic rings. The molecular weight excluding hydrogens is 302 g/mol. The van der Waals surface area contributed by atoms with Crippen LogP contribution < -0.4 is 9.47 Å². The van der Waals surface area contributed by atoms with Crippen LogP contribution in [-0.2, 0) is 9.84 Å². The molecule has 0 bridgehead atoms. The molecule has 22 heavy (non-hydrogen) atoms. The third kappa shape index (κ3) is 1.99. The van der Waals surface area contributed by atoms with E-state index in [1.54, 1.807) is 30.3 Å². The first-order valence-electron chi connectivity index (χ1n) is 6.64. The Morgan fingerprint density at radius 3 is 2.32 bits per heavy atom. The van der Waals surface area contributed by atoms with Gasteiger partial charge in [-0.05, 0) is 11.6 Å². The molecule has 2 aromatic carbocycles. The van der Waals surface area contributed by atoms with Gasteiger partial charge in [-0.2, -0.15) is 0 Å². The Balaban J connectivity index is 2.28. The summed E-state index contributed by atoms with van der Waals surface area (Å²) in [5.41, 5.74) is 0.919. The van der Waals surface area contributed by atoms with Gasteiger partial charge in [0, 0.05) is 6.07 Å². The van der Waals surface area contributed by atoms with Crippen molar-refractivity contribution in [3.8, 4) is 11.5 Å². The van der Waals surface area contributed by atoms with Gasteiger partial charge in [-0.1, -0.05) is 30.3 Å². The molecule has 0 aliphatic carbocycles. The smallest absolute Gasteiger partial charge is 0.192 e. The van der Waals surface area contributed by atoms with Crippen molar-refractivity contribution in [3.63, 3.8) is 0 Å². The minimum absolute atomic E-state index is 0.0284. The first kappa shape index (κ1) is 14.6. The van der Waals surface area contributed by atoms with Crippen LogP contribution in [-0.4, -0.2) is 28.3 Å². The van der Waals surface area contributed by atoms with E-state index in [4.69, 9.17) is 14.9 Å². The highest BCUT2D eigenvalue weighted by atomic mass is 32.2. The molecule has 6 heteroatoms. The second-order valence-corrected chi connectivity index (χ2v) is 6.95. The zero-order valence-electron chi connectivity index (χ0n) is 12.2. The van der Waals surface area contributed by atoms with Gasteiger partial charge in [0.05, 0.1) is 30.4 Å². The predicted octanol–water partition coefficient (Wildman–Crippen LogP) is 2.60. The number of sulfone groups is 1. The Morgan fingerprint density at radius 1 is 1.05 bits per heavy atom. The number of hydrogen-bond donors (Lipinski definition) is 1. The van der Waals surface area contributed by atoms with Crippen molar-refractivity contribution in [1.82, 2.24) is 0 Å². The molecule has 1 aliphatic rings. The fourth-order valence-electron chi connectivity index (χ4n) is 2.72. The van der Waals surface area contributed by atoms with Crippen molar-refractivity contribution in [3.05, 3.63) is 53.6 Å². The lowest BCUT2D eigenvalue weighted by Crippen LogP contribution is -2.13. The lowest BCUT2D eigenvalue weighted by atomic mass is 10.0. The van der Waals surface area contributed by atoms with Crippen molar-refractivity contribution < 1.29 is 17.9 Å². The highest BCUT2D eigenvalue weighted by Gasteiger charge is 2.44. The van der Waals surface area contributed by atoms with E-state index in [0.717, 1.165) is 0 Å². The van der Waals surface area contributed by atoms with Gasteiger partial charge in [-0.15, -0.1) is 0 Å². The number of fused-ring (bicyclic) bond motifs is 1. The fourth-order valence-corrected chi connectivity index (χ4v) is 4.69. The molecule has 0 aromatic heterocycles. The standard InChI is InChI=1S/C16H15NO4S/c1-20-11-8-12(21-2)14-13(9-11)22(18,19)16(15(14)17)10-6-4-3-5-7-10/h3-9,16-17H,1-2H3/t16-/m1/s1. The zero-order valence-corrected chi connectivity index (χ0v) is 13.0. The molecule has 0 saturated carbocycles. The molecule has 5 nitrogen and oxygen atoms in total. The van der Waals surface area contributed by atoms with Crippen molar-refractivity contribution in [1.29, 1.82) is 5.41 Å². The summed E-state index contributed by atoms with van der Waals surface area (Å²) in [6.07, 6.45) is 0. The van der Waals surface area contributed by atoms with Gasteiger partial charge < -0.3 is 14.9 Å². The minimum atomic E-state index is -3.70. The first-order valence-corrected chi connectivity index (χ1v) is 8.19. The van der Waals surface area contributed by atoms with E-state index in [1.165, 1.54) is 20.3 Å². The van der Waals surface area contributed by atoms with Crippen LogP contribution in [0.5, 0.6) is 11.5 Å². The Hall–Kier alpha value is -2.34. The van der Waals surface area contributed by atoms with Gasteiger partial charge in [0.1, 0.15) is 16.7 Å². The highest BCUT2D eigenvalue weighted by Crippen LogP contribution is 2.46. The molecule has 0 radical (unpaired) electrons. The average molecular weight is 317 g/mol. The van der Waals surface area contributed by atoms with Gasteiger partial charge in [-0.3, -0.25) is 0 Å². The molecule has 1 N–H and O–H groups in total. The monoisotopic (exact) mass is 317 g/mol. The van der Waals surface area contributed by atoms with E-state index in [1.807, 2.05) is 6.07 Å². The Kier molecular flexibility index (Phi) is 3.41. The first-order chi connectivity index (χ1) is 10.5. The minimum Gasteiger partial charge on any atom is -0.497 e. The van der Waals surface area contributed by atoms with Crippen LogP contribution in [0.25, 0.3) is 0 Å². The average Bonchev–Trinajstić information content (AvgIpc) is 2.74. The fraction of sp³-hybridized carbons (Fsp3) is 0.188. The number of hydrogen-bond acceptors (Lipinski definition) is 5. The largest absolute Gasteiger partial charge is 0.497 e. The molecule has 1 aliphatic heterocycles. The Bertz CT molecular complexity index is 844. The normalized spacial score (nSPS) is 18.8. The quantitative estimate of drug-likeness (QED) is 0.944. The van der Waals surface area contributed by atoms with Crippen LogP contribution in [0.3, 0.4) is 0 Å². The number of nitrogens with one attached hydrogen (secondary N) is 1. The van der Waals surface area contributed by atoms with Gasteiger partial charge in [0.15, 0.2) is 9.84 Å². The number of methoxy groups -OCH3 is 2. The molecule has 3 rings (SSSR count). The summed E-state index contributed by atoms with van der Waals surface area (Å²) in [5, 5.41) is 7.34. The van der Waals surface area contributed by atoms with Crippen molar-refractivity contribution >= 4 is 15.5 Å². The van der Waals surface area contributed by atoms with Crippen LogP contribution in [0, 0.1) is 5.41 Å². The highest BCUT2D eigenvalue weighted by molar-refractivity contribution is 7.93. The Labute approximate surface area is 128 Å². The van der Waals surface area contributed by atoms with E-state index in [2.05, 4.69) is 0 Å². The summed E-state index contributed by atoms with van der Waals surface area (Å²) in [5.74, 6) is 0.724. The third-order valence-corrected chi connectivity index (χ3v) is 5.81. The summed E-state index contributed by atoms with van der Waals surface area (Å²) < 4.78 is 36.2. The van der Waals surface area contributed by atoms with Crippen LogP contribution in [0.15, 0.2) is 47.4 Å². The number of benzene rings is 2. The second kappa shape index (κ2) is 5.14. The topological polar surface area (TPSA) is 76.5 Å². The van der Waals surface area contributed by atoms with Crippen molar-refractivity contribution in [2.75, 3.05) is 14.2 Å². The molecule has 0 spiro atoms. The van der Waals surface area contributed by atoms with E-state index in [-0.39, 0.29) is 10.6 Å². The van der Waals surface area contributed by atoms with Crippen molar-refractivity contribution in [2.24, 2.45) is 0 Å².